The third kappa shape index (κ3) is 1.20. The van der Waals surface area contributed by atoms with Crippen LogP contribution in [-0.4, -0.2) is 14.6 Å². The van der Waals surface area contributed by atoms with Crippen molar-refractivity contribution in [3.8, 4) is 6.07 Å². The lowest BCUT2D eigenvalue weighted by Gasteiger charge is -2.23. The van der Waals surface area contributed by atoms with Crippen LogP contribution in [0, 0.1) is 11.3 Å². The zero-order chi connectivity index (χ0) is 10.3. The van der Waals surface area contributed by atoms with E-state index in [4.69, 9.17) is 5.26 Å². The first kappa shape index (κ1) is 8.42. The summed E-state index contributed by atoms with van der Waals surface area (Å²) in [6.45, 7) is 0. The molecule has 0 bridgehead atoms. The van der Waals surface area contributed by atoms with E-state index < -0.39 is 0 Å². The first-order chi connectivity index (χ1) is 7.38. The van der Waals surface area contributed by atoms with E-state index >= 15 is 0 Å². The van der Waals surface area contributed by atoms with Crippen LogP contribution in [0.1, 0.15) is 36.6 Å². The van der Waals surface area contributed by atoms with Crippen LogP contribution in [0.25, 0.3) is 5.65 Å². The van der Waals surface area contributed by atoms with Crippen molar-refractivity contribution in [2.75, 3.05) is 0 Å². The molecule has 1 aliphatic rings. The Morgan fingerprint density at radius 1 is 1.40 bits per heavy atom. The van der Waals surface area contributed by atoms with Gasteiger partial charge in [0.25, 0.3) is 0 Å². The van der Waals surface area contributed by atoms with Crippen LogP contribution in [0.5, 0.6) is 0 Å². The second kappa shape index (κ2) is 3.06. The fraction of sp³-hybridized carbons (Fsp3) is 0.364. The molecule has 0 saturated heterocycles. The molecule has 0 N–H and O–H groups in total. The minimum Gasteiger partial charge on any atom is -0.286 e. The average molecular weight is 198 g/mol. The van der Waals surface area contributed by atoms with Crippen LogP contribution in [0.2, 0.25) is 0 Å². The summed E-state index contributed by atoms with van der Waals surface area (Å²) in [6, 6.07) is 5.68. The van der Waals surface area contributed by atoms with Gasteiger partial charge in [0.05, 0.1) is 11.6 Å². The molecule has 0 amide bonds. The maximum Gasteiger partial charge on any atom is 0.162 e. The number of pyridine rings is 1. The van der Waals surface area contributed by atoms with E-state index in [0.717, 1.165) is 11.5 Å². The van der Waals surface area contributed by atoms with E-state index in [1.807, 2.05) is 10.6 Å². The molecule has 2 heterocycles. The lowest BCUT2D eigenvalue weighted by molar-refractivity contribution is 0.399. The van der Waals surface area contributed by atoms with Crippen molar-refractivity contribution >= 4 is 5.65 Å². The molecule has 0 atom stereocenters. The summed E-state index contributed by atoms with van der Waals surface area (Å²) in [6.07, 6.45) is 5.60. The monoisotopic (exact) mass is 198 g/mol. The lowest BCUT2D eigenvalue weighted by atomic mass is 9.85. The van der Waals surface area contributed by atoms with Gasteiger partial charge in [0.15, 0.2) is 5.65 Å². The minimum absolute atomic E-state index is 0.563. The molecule has 0 spiro atoms. The van der Waals surface area contributed by atoms with Crippen molar-refractivity contribution in [1.29, 1.82) is 5.26 Å². The topological polar surface area (TPSA) is 54.0 Å². The fourth-order valence-electron chi connectivity index (χ4n) is 1.92. The highest BCUT2D eigenvalue weighted by Crippen LogP contribution is 2.35. The zero-order valence-electron chi connectivity index (χ0n) is 8.22. The Morgan fingerprint density at radius 2 is 2.27 bits per heavy atom. The molecule has 1 saturated carbocycles. The van der Waals surface area contributed by atoms with Gasteiger partial charge in [-0.15, -0.1) is 10.2 Å². The standard InChI is InChI=1S/C11H10N4/c12-7-8-4-5-15-10(6-8)13-14-11(15)9-2-1-3-9/h4-6,9H,1-3H2. The van der Waals surface area contributed by atoms with Gasteiger partial charge >= 0.3 is 0 Å². The van der Waals surface area contributed by atoms with E-state index in [-0.39, 0.29) is 0 Å². The van der Waals surface area contributed by atoms with Crippen molar-refractivity contribution in [3.63, 3.8) is 0 Å². The van der Waals surface area contributed by atoms with Crippen molar-refractivity contribution in [2.45, 2.75) is 25.2 Å². The van der Waals surface area contributed by atoms with Gasteiger partial charge in [-0.25, -0.2) is 0 Å². The molecule has 0 radical (unpaired) electrons. The van der Waals surface area contributed by atoms with Gasteiger partial charge in [-0.05, 0) is 18.9 Å². The number of fused-ring (bicyclic) bond motifs is 1. The van der Waals surface area contributed by atoms with E-state index in [1.54, 1.807) is 12.1 Å². The number of nitriles is 1. The largest absolute Gasteiger partial charge is 0.286 e. The normalized spacial score (nSPS) is 16.2. The summed E-state index contributed by atoms with van der Waals surface area (Å²) in [7, 11) is 0. The third-order valence-corrected chi connectivity index (χ3v) is 3.04. The van der Waals surface area contributed by atoms with E-state index in [1.165, 1.54) is 19.3 Å². The minimum atomic E-state index is 0.563. The Labute approximate surface area is 87.2 Å². The Bertz CT molecular complexity index is 545. The van der Waals surface area contributed by atoms with Gasteiger partial charge in [0.2, 0.25) is 0 Å². The maximum absolute atomic E-state index is 8.76. The number of rotatable bonds is 1. The van der Waals surface area contributed by atoms with Crippen LogP contribution in [0.3, 0.4) is 0 Å². The second-order valence-corrected chi connectivity index (χ2v) is 3.94. The molecular weight excluding hydrogens is 188 g/mol. The highest BCUT2D eigenvalue weighted by molar-refractivity contribution is 5.45. The molecule has 1 aliphatic carbocycles. The second-order valence-electron chi connectivity index (χ2n) is 3.94. The number of hydrogen-bond donors (Lipinski definition) is 0. The lowest BCUT2D eigenvalue weighted by Crippen LogP contribution is -2.12. The van der Waals surface area contributed by atoms with Crippen LogP contribution in [0.15, 0.2) is 18.3 Å². The van der Waals surface area contributed by atoms with Gasteiger partial charge < -0.3 is 0 Å². The van der Waals surface area contributed by atoms with Gasteiger partial charge in [-0.3, -0.25) is 4.40 Å². The summed E-state index contributed by atoms with van der Waals surface area (Å²) < 4.78 is 1.99. The van der Waals surface area contributed by atoms with Gasteiger partial charge in [0.1, 0.15) is 5.82 Å². The van der Waals surface area contributed by atoms with Crippen molar-refractivity contribution in [3.05, 3.63) is 29.7 Å². The summed E-state index contributed by atoms with van der Waals surface area (Å²) in [4.78, 5) is 0. The van der Waals surface area contributed by atoms with Crippen LogP contribution in [-0.2, 0) is 0 Å². The predicted molar refractivity (Wildman–Crippen MR) is 54.3 cm³/mol. The smallest absolute Gasteiger partial charge is 0.162 e. The quantitative estimate of drug-likeness (QED) is 0.702. The summed E-state index contributed by atoms with van der Waals surface area (Å²) in [5.74, 6) is 1.61. The molecule has 4 heteroatoms. The molecule has 4 nitrogen and oxygen atoms in total. The molecule has 2 aromatic rings. The van der Waals surface area contributed by atoms with Crippen molar-refractivity contribution in [2.24, 2.45) is 0 Å². The Hall–Kier alpha value is -1.89. The molecule has 1 fully saturated rings. The zero-order valence-corrected chi connectivity index (χ0v) is 8.22. The van der Waals surface area contributed by atoms with E-state index in [2.05, 4.69) is 16.3 Å². The number of nitrogens with zero attached hydrogens (tertiary/aromatic N) is 4. The molecular formula is C11H10N4. The van der Waals surface area contributed by atoms with E-state index in [0.29, 0.717) is 11.5 Å². The maximum atomic E-state index is 8.76. The Morgan fingerprint density at radius 3 is 2.93 bits per heavy atom. The van der Waals surface area contributed by atoms with Crippen molar-refractivity contribution < 1.29 is 0 Å². The summed E-state index contributed by atoms with van der Waals surface area (Å²) in [5.41, 5.74) is 1.41. The molecule has 0 aromatic carbocycles. The first-order valence-corrected chi connectivity index (χ1v) is 5.13. The van der Waals surface area contributed by atoms with E-state index in [9.17, 15) is 0 Å². The SMILES string of the molecule is N#Cc1ccn2c(C3CCC3)nnc2c1. The molecule has 0 aliphatic heterocycles. The van der Waals surface area contributed by atoms with Gasteiger partial charge in [0, 0.05) is 18.2 Å². The Kier molecular flexibility index (Phi) is 1.72. The molecule has 74 valence electrons. The summed E-state index contributed by atoms with van der Waals surface area (Å²) in [5, 5.41) is 17.1. The number of hydrogen-bond acceptors (Lipinski definition) is 3. The first-order valence-electron chi connectivity index (χ1n) is 5.13. The molecule has 15 heavy (non-hydrogen) atoms. The van der Waals surface area contributed by atoms with Crippen molar-refractivity contribution in [1.82, 2.24) is 14.6 Å². The molecule has 2 aromatic heterocycles. The number of aromatic nitrogens is 3. The predicted octanol–water partition coefficient (Wildman–Crippen LogP) is 1.87. The van der Waals surface area contributed by atoms with Crippen LogP contribution in [0.4, 0.5) is 0 Å². The van der Waals surface area contributed by atoms with Crippen LogP contribution >= 0.6 is 0 Å². The fourth-order valence-corrected chi connectivity index (χ4v) is 1.92. The van der Waals surface area contributed by atoms with Gasteiger partial charge in [-0.2, -0.15) is 5.26 Å². The molecule has 3 rings (SSSR count). The Balaban J connectivity index is 2.14. The van der Waals surface area contributed by atoms with Crippen LogP contribution < -0.4 is 0 Å². The highest BCUT2D eigenvalue weighted by atomic mass is 15.2. The average Bonchev–Trinajstić information content (AvgIpc) is 2.59. The third-order valence-electron chi connectivity index (χ3n) is 3.04. The molecule has 0 unspecified atom stereocenters. The van der Waals surface area contributed by atoms with Gasteiger partial charge in [-0.1, -0.05) is 6.42 Å². The summed E-state index contributed by atoms with van der Waals surface area (Å²) >= 11 is 0. The highest BCUT2D eigenvalue weighted by Gasteiger charge is 2.24.